The maximum atomic E-state index is 5.84. The van der Waals surface area contributed by atoms with Crippen molar-refractivity contribution in [2.75, 3.05) is 5.73 Å². The molecule has 0 spiro atoms. The summed E-state index contributed by atoms with van der Waals surface area (Å²) in [5.74, 6) is 0.704. The third-order valence-electron chi connectivity index (χ3n) is 5.66. The molecule has 2 aromatic rings. The van der Waals surface area contributed by atoms with Crippen molar-refractivity contribution < 1.29 is 0 Å². The van der Waals surface area contributed by atoms with Crippen molar-refractivity contribution in [3.05, 3.63) is 65.2 Å². The number of unbranched alkanes of at least 4 members (excludes halogenated alkanes) is 6. The molecule has 0 saturated heterocycles. The summed E-state index contributed by atoms with van der Waals surface area (Å²) >= 11 is 0. The van der Waals surface area contributed by atoms with Crippen LogP contribution in [0.3, 0.4) is 0 Å². The fraction of sp³-hybridized carbons (Fsp3) is 0.538. The van der Waals surface area contributed by atoms with Gasteiger partial charge in [-0.05, 0) is 54.0 Å². The molecule has 1 heteroatoms. The Kier molecular flexibility index (Phi) is 10.0. The van der Waals surface area contributed by atoms with E-state index in [1.807, 2.05) is 12.1 Å². The van der Waals surface area contributed by atoms with Crippen LogP contribution in [-0.4, -0.2) is 0 Å². The van der Waals surface area contributed by atoms with E-state index >= 15 is 0 Å². The number of hydrogen-bond acceptors (Lipinski definition) is 1. The molecule has 0 aliphatic carbocycles. The van der Waals surface area contributed by atoms with Crippen LogP contribution in [-0.2, 0) is 6.42 Å². The molecule has 1 unspecified atom stereocenters. The molecular formula is C26H39N. The molecule has 0 fully saturated rings. The highest BCUT2D eigenvalue weighted by Gasteiger charge is 2.14. The summed E-state index contributed by atoms with van der Waals surface area (Å²) in [6.45, 7) is 4.61. The highest BCUT2D eigenvalue weighted by atomic mass is 14.5. The molecule has 0 radical (unpaired) electrons. The standard InChI is InChI=1S/C26H39N/c1-3-5-6-7-8-9-10-14-23(13-4-2)26-16-12-11-15-24(26)21-22-17-19-25(27)20-18-22/h11-12,15-20,23H,3-10,13-14,21,27H2,1-2H3. The second-order valence-corrected chi connectivity index (χ2v) is 8.01. The van der Waals surface area contributed by atoms with Gasteiger partial charge in [0, 0.05) is 5.69 Å². The lowest BCUT2D eigenvalue weighted by Gasteiger charge is -2.20. The van der Waals surface area contributed by atoms with Gasteiger partial charge in [0.15, 0.2) is 0 Å². The first-order chi connectivity index (χ1) is 13.2. The van der Waals surface area contributed by atoms with Crippen molar-refractivity contribution in [1.82, 2.24) is 0 Å². The van der Waals surface area contributed by atoms with Gasteiger partial charge in [-0.15, -0.1) is 0 Å². The van der Waals surface area contributed by atoms with Gasteiger partial charge in [0.05, 0.1) is 0 Å². The predicted octanol–water partition coefficient (Wildman–Crippen LogP) is 7.88. The fourth-order valence-electron chi connectivity index (χ4n) is 4.10. The first kappa shape index (κ1) is 21.5. The van der Waals surface area contributed by atoms with Gasteiger partial charge in [-0.25, -0.2) is 0 Å². The Balaban J connectivity index is 1.96. The molecule has 2 N–H and O–H groups in total. The zero-order chi connectivity index (χ0) is 19.3. The number of rotatable bonds is 13. The molecule has 0 saturated carbocycles. The van der Waals surface area contributed by atoms with Crippen molar-refractivity contribution in [3.63, 3.8) is 0 Å². The quantitative estimate of drug-likeness (QED) is 0.283. The van der Waals surface area contributed by atoms with E-state index in [1.54, 1.807) is 5.56 Å². The maximum Gasteiger partial charge on any atom is 0.0314 e. The Morgan fingerprint density at radius 3 is 2.07 bits per heavy atom. The lowest BCUT2D eigenvalue weighted by atomic mass is 9.85. The predicted molar refractivity (Wildman–Crippen MR) is 120 cm³/mol. The van der Waals surface area contributed by atoms with E-state index in [0.29, 0.717) is 5.92 Å². The van der Waals surface area contributed by atoms with Crippen molar-refractivity contribution in [2.45, 2.75) is 90.4 Å². The van der Waals surface area contributed by atoms with Crippen molar-refractivity contribution >= 4 is 5.69 Å². The minimum Gasteiger partial charge on any atom is -0.399 e. The zero-order valence-corrected chi connectivity index (χ0v) is 17.6. The van der Waals surface area contributed by atoms with Gasteiger partial charge in [0.25, 0.3) is 0 Å². The van der Waals surface area contributed by atoms with Crippen LogP contribution in [0.4, 0.5) is 5.69 Å². The molecule has 0 bridgehead atoms. The molecule has 0 heterocycles. The normalized spacial score (nSPS) is 12.2. The lowest BCUT2D eigenvalue weighted by Crippen LogP contribution is -2.04. The molecular weight excluding hydrogens is 326 g/mol. The van der Waals surface area contributed by atoms with Gasteiger partial charge < -0.3 is 5.73 Å². The number of nitrogens with two attached hydrogens (primary N) is 1. The second kappa shape index (κ2) is 12.6. The summed E-state index contributed by atoms with van der Waals surface area (Å²) in [5.41, 5.74) is 11.1. The van der Waals surface area contributed by atoms with E-state index in [-0.39, 0.29) is 0 Å². The van der Waals surface area contributed by atoms with Crippen molar-refractivity contribution in [3.8, 4) is 0 Å². The molecule has 0 amide bonds. The first-order valence-electron chi connectivity index (χ1n) is 11.2. The molecule has 1 atom stereocenters. The molecule has 2 rings (SSSR count). The average Bonchev–Trinajstić information content (AvgIpc) is 2.69. The molecule has 148 valence electrons. The smallest absolute Gasteiger partial charge is 0.0314 e. The van der Waals surface area contributed by atoms with Crippen molar-refractivity contribution in [2.24, 2.45) is 0 Å². The summed E-state index contributed by atoms with van der Waals surface area (Å²) < 4.78 is 0. The second-order valence-electron chi connectivity index (χ2n) is 8.01. The number of hydrogen-bond donors (Lipinski definition) is 1. The topological polar surface area (TPSA) is 26.0 Å². The Morgan fingerprint density at radius 1 is 0.704 bits per heavy atom. The van der Waals surface area contributed by atoms with E-state index in [4.69, 9.17) is 5.73 Å². The van der Waals surface area contributed by atoms with E-state index in [1.165, 1.54) is 75.3 Å². The summed E-state index contributed by atoms with van der Waals surface area (Å²) in [7, 11) is 0. The Bertz CT molecular complexity index is 629. The molecule has 0 aliphatic heterocycles. The van der Waals surface area contributed by atoms with Crippen LogP contribution >= 0.6 is 0 Å². The Labute approximate surface area is 167 Å². The van der Waals surface area contributed by atoms with Gasteiger partial charge in [-0.3, -0.25) is 0 Å². The van der Waals surface area contributed by atoms with Crippen molar-refractivity contribution in [1.29, 1.82) is 0 Å². The molecule has 1 nitrogen and oxygen atoms in total. The summed E-state index contributed by atoms with van der Waals surface area (Å²) in [4.78, 5) is 0. The van der Waals surface area contributed by atoms with E-state index in [0.717, 1.165) is 12.1 Å². The van der Waals surface area contributed by atoms with Crippen LogP contribution in [0.15, 0.2) is 48.5 Å². The number of nitrogen functional groups attached to an aromatic ring is 1. The number of benzene rings is 2. The van der Waals surface area contributed by atoms with Gasteiger partial charge in [0.2, 0.25) is 0 Å². The lowest BCUT2D eigenvalue weighted by molar-refractivity contribution is 0.507. The summed E-state index contributed by atoms with van der Waals surface area (Å²) in [6.07, 6.45) is 14.6. The van der Waals surface area contributed by atoms with Crippen LogP contribution in [0.25, 0.3) is 0 Å². The fourth-order valence-corrected chi connectivity index (χ4v) is 4.10. The molecule has 27 heavy (non-hydrogen) atoms. The third kappa shape index (κ3) is 7.79. The van der Waals surface area contributed by atoms with Crippen LogP contribution < -0.4 is 5.73 Å². The monoisotopic (exact) mass is 365 g/mol. The van der Waals surface area contributed by atoms with Crippen LogP contribution in [0.2, 0.25) is 0 Å². The average molecular weight is 366 g/mol. The highest BCUT2D eigenvalue weighted by Crippen LogP contribution is 2.31. The molecule has 0 aliphatic rings. The number of anilines is 1. The minimum absolute atomic E-state index is 0.704. The molecule has 2 aromatic carbocycles. The maximum absolute atomic E-state index is 5.84. The molecule has 0 aromatic heterocycles. The minimum atomic E-state index is 0.704. The van der Waals surface area contributed by atoms with Crippen LogP contribution in [0.1, 0.15) is 101 Å². The SMILES string of the molecule is CCCCCCCCCC(CCC)c1ccccc1Cc1ccc(N)cc1. The van der Waals surface area contributed by atoms with Crippen LogP contribution in [0, 0.1) is 0 Å². The largest absolute Gasteiger partial charge is 0.399 e. The van der Waals surface area contributed by atoms with E-state index in [2.05, 4.69) is 50.2 Å². The van der Waals surface area contributed by atoms with Gasteiger partial charge in [-0.2, -0.15) is 0 Å². The van der Waals surface area contributed by atoms with E-state index < -0.39 is 0 Å². The third-order valence-corrected chi connectivity index (χ3v) is 5.66. The van der Waals surface area contributed by atoms with E-state index in [9.17, 15) is 0 Å². The summed E-state index contributed by atoms with van der Waals surface area (Å²) in [5, 5.41) is 0. The van der Waals surface area contributed by atoms with Gasteiger partial charge >= 0.3 is 0 Å². The van der Waals surface area contributed by atoms with Gasteiger partial charge in [0.1, 0.15) is 0 Å². The first-order valence-corrected chi connectivity index (χ1v) is 11.2. The zero-order valence-electron chi connectivity index (χ0n) is 17.6. The van der Waals surface area contributed by atoms with Crippen LogP contribution in [0.5, 0.6) is 0 Å². The van der Waals surface area contributed by atoms with Gasteiger partial charge in [-0.1, -0.05) is 102 Å². The Morgan fingerprint density at radius 2 is 1.37 bits per heavy atom. The summed E-state index contributed by atoms with van der Waals surface area (Å²) in [6, 6.07) is 17.4. The Hall–Kier alpha value is -1.76. The highest BCUT2D eigenvalue weighted by molar-refractivity contribution is 5.42.